The molecule has 37 heavy (non-hydrogen) atoms. The Balaban J connectivity index is 1.52. The van der Waals surface area contributed by atoms with Crippen LogP contribution in [0.15, 0.2) is 77.8 Å². The van der Waals surface area contributed by atoms with E-state index in [1.54, 1.807) is 36.4 Å². The van der Waals surface area contributed by atoms with Crippen molar-refractivity contribution in [2.75, 3.05) is 4.90 Å². The predicted octanol–water partition coefficient (Wildman–Crippen LogP) is 3.95. The number of urea groups is 1. The lowest BCUT2D eigenvalue weighted by atomic mass is 10.2. The van der Waals surface area contributed by atoms with Gasteiger partial charge in [0.2, 0.25) is 0 Å². The normalized spacial score (nSPS) is 16.3. The number of imide groups is 1. The number of carbonyl (C=O) groups is 3. The largest absolute Gasteiger partial charge is 0.501 e. The first-order chi connectivity index (χ1) is 17.4. The number of ether oxygens (including phenoxy) is 1. The molecule has 3 aromatic rings. The zero-order chi connectivity index (χ0) is 27.0. The van der Waals surface area contributed by atoms with Gasteiger partial charge in [-0.05, 0) is 61.0 Å². The van der Waals surface area contributed by atoms with Gasteiger partial charge in [0.05, 0.1) is 10.6 Å². The van der Waals surface area contributed by atoms with Crippen LogP contribution < -0.4 is 9.64 Å². The molecule has 0 N–H and O–H groups in total. The first-order valence-electron chi connectivity index (χ1n) is 10.7. The van der Waals surface area contributed by atoms with Crippen LogP contribution in [0.4, 0.5) is 23.7 Å². The number of alkyl halides is 3. The van der Waals surface area contributed by atoms with Gasteiger partial charge in [0.25, 0.3) is 15.7 Å². The van der Waals surface area contributed by atoms with E-state index in [1.807, 2.05) is 0 Å². The molecule has 0 radical (unpaired) electrons. The van der Waals surface area contributed by atoms with Crippen LogP contribution >= 0.6 is 0 Å². The van der Waals surface area contributed by atoms with E-state index in [9.17, 15) is 36.0 Å². The number of halogens is 3. The number of rotatable bonds is 6. The molecule has 0 saturated carbocycles. The molecule has 0 spiro atoms. The minimum Gasteiger partial charge on any atom is -0.422 e. The second-order valence-corrected chi connectivity index (χ2v) is 9.90. The minimum atomic E-state index is -5.58. The van der Waals surface area contributed by atoms with Crippen LogP contribution in [0.2, 0.25) is 0 Å². The SMILES string of the molecule is CC1C(=O)N(c2ccc(S(=O)(=O)C(F)(F)F)cc2)C(=O)N1Cc1ccnc(C(=O)Oc2ccccc2)c1. The number of esters is 1. The molecule has 13 heteroatoms. The van der Waals surface area contributed by atoms with Crippen LogP contribution in [0.25, 0.3) is 0 Å². The molecule has 0 aliphatic carbocycles. The van der Waals surface area contributed by atoms with Gasteiger partial charge in [-0.1, -0.05) is 18.2 Å². The summed E-state index contributed by atoms with van der Waals surface area (Å²) < 4.78 is 66.8. The Morgan fingerprint density at radius 2 is 1.68 bits per heavy atom. The molecular formula is C24H18F3N3O6S. The van der Waals surface area contributed by atoms with E-state index in [2.05, 4.69) is 4.98 Å². The molecule has 1 aromatic heterocycles. The van der Waals surface area contributed by atoms with Crippen molar-refractivity contribution < 1.29 is 40.7 Å². The van der Waals surface area contributed by atoms with Gasteiger partial charge in [0.1, 0.15) is 17.5 Å². The Bertz CT molecular complexity index is 1460. The van der Waals surface area contributed by atoms with Crippen molar-refractivity contribution in [3.05, 3.63) is 84.2 Å². The summed E-state index contributed by atoms with van der Waals surface area (Å²) in [4.78, 5) is 43.2. The van der Waals surface area contributed by atoms with Gasteiger partial charge in [-0.2, -0.15) is 13.2 Å². The van der Waals surface area contributed by atoms with Crippen molar-refractivity contribution in [2.24, 2.45) is 0 Å². The number of pyridine rings is 1. The van der Waals surface area contributed by atoms with Crippen molar-refractivity contribution in [1.82, 2.24) is 9.88 Å². The van der Waals surface area contributed by atoms with Gasteiger partial charge < -0.3 is 9.64 Å². The van der Waals surface area contributed by atoms with E-state index in [1.165, 1.54) is 24.1 Å². The van der Waals surface area contributed by atoms with Crippen LogP contribution in [-0.4, -0.2) is 47.8 Å². The Kier molecular flexibility index (Phi) is 6.74. The first kappa shape index (κ1) is 25.8. The third kappa shape index (κ3) is 5.03. The summed E-state index contributed by atoms with van der Waals surface area (Å²) in [6.45, 7) is 1.38. The lowest BCUT2D eigenvalue weighted by Gasteiger charge is -2.19. The van der Waals surface area contributed by atoms with Crippen molar-refractivity contribution in [3.8, 4) is 5.75 Å². The Labute approximate surface area is 209 Å². The molecule has 2 heterocycles. The number of hydrogen-bond donors (Lipinski definition) is 0. The maximum absolute atomic E-state index is 13.1. The highest BCUT2D eigenvalue weighted by atomic mass is 32.2. The van der Waals surface area contributed by atoms with Gasteiger partial charge in [0.15, 0.2) is 0 Å². The lowest BCUT2D eigenvalue weighted by Crippen LogP contribution is -2.33. The van der Waals surface area contributed by atoms with Crippen molar-refractivity contribution in [1.29, 1.82) is 0 Å². The number of aromatic nitrogens is 1. The van der Waals surface area contributed by atoms with E-state index in [0.717, 1.165) is 17.0 Å². The van der Waals surface area contributed by atoms with Crippen molar-refractivity contribution in [3.63, 3.8) is 0 Å². The quantitative estimate of drug-likeness (QED) is 0.268. The number of nitrogens with zero attached hydrogens (tertiary/aromatic N) is 3. The Morgan fingerprint density at radius 3 is 2.30 bits per heavy atom. The molecule has 1 aliphatic heterocycles. The highest BCUT2D eigenvalue weighted by Crippen LogP contribution is 2.32. The fourth-order valence-corrected chi connectivity index (χ4v) is 4.35. The number of anilines is 1. The van der Waals surface area contributed by atoms with Crippen molar-refractivity contribution >= 4 is 33.4 Å². The molecule has 3 amide bonds. The van der Waals surface area contributed by atoms with Crippen molar-refractivity contribution in [2.45, 2.75) is 29.9 Å². The van der Waals surface area contributed by atoms with E-state index < -0.39 is 44.2 Å². The average Bonchev–Trinajstić information content (AvgIpc) is 3.07. The summed E-state index contributed by atoms with van der Waals surface area (Å²) in [5.74, 6) is -1.06. The number of carbonyl (C=O) groups excluding carboxylic acids is 3. The third-order valence-corrected chi connectivity index (χ3v) is 7.03. The van der Waals surface area contributed by atoms with E-state index in [0.29, 0.717) is 23.4 Å². The summed E-state index contributed by atoms with van der Waals surface area (Å²) in [5.41, 5.74) is -5.13. The molecule has 0 bridgehead atoms. The highest BCUT2D eigenvalue weighted by Gasteiger charge is 2.47. The maximum atomic E-state index is 13.1. The second kappa shape index (κ2) is 9.65. The van der Waals surface area contributed by atoms with Gasteiger partial charge >= 0.3 is 17.5 Å². The number of amides is 3. The molecule has 9 nitrogen and oxygen atoms in total. The van der Waals surface area contributed by atoms with Gasteiger partial charge in [-0.15, -0.1) is 0 Å². The average molecular weight is 533 g/mol. The molecule has 192 valence electrons. The predicted molar refractivity (Wildman–Crippen MR) is 123 cm³/mol. The summed E-state index contributed by atoms with van der Waals surface area (Å²) in [7, 11) is -5.58. The first-order valence-corrected chi connectivity index (χ1v) is 12.2. The lowest BCUT2D eigenvalue weighted by molar-refractivity contribution is -0.119. The minimum absolute atomic E-state index is 0.0229. The number of para-hydroxylation sites is 1. The molecule has 1 unspecified atom stereocenters. The van der Waals surface area contributed by atoms with E-state index in [-0.39, 0.29) is 17.9 Å². The molecule has 1 atom stereocenters. The number of benzene rings is 2. The summed E-state index contributed by atoms with van der Waals surface area (Å²) >= 11 is 0. The summed E-state index contributed by atoms with van der Waals surface area (Å²) in [6, 6.07) is 12.8. The molecule has 1 saturated heterocycles. The summed E-state index contributed by atoms with van der Waals surface area (Å²) in [6.07, 6.45) is 1.35. The fourth-order valence-electron chi connectivity index (χ4n) is 3.59. The third-order valence-electron chi connectivity index (χ3n) is 5.53. The van der Waals surface area contributed by atoms with Crippen LogP contribution in [0, 0.1) is 0 Å². The Hall–Kier alpha value is -4.26. The fraction of sp³-hybridized carbons (Fsp3) is 0.167. The van der Waals surface area contributed by atoms with Gasteiger partial charge in [-0.25, -0.2) is 27.9 Å². The smallest absolute Gasteiger partial charge is 0.422 e. The molecule has 1 fully saturated rings. The van der Waals surface area contributed by atoms with Crippen LogP contribution in [0.5, 0.6) is 5.75 Å². The van der Waals surface area contributed by atoms with Gasteiger partial charge in [0, 0.05) is 12.7 Å². The topological polar surface area (TPSA) is 114 Å². The molecular weight excluding hydrogens is 515 g/mol. The van der Waals surface area contributed by atoms with Gasteiger partial charge in [-0.3, -0.25) is 4.79 Å². The standard InChI is InChI=1S/C24H18F3N3O6S/c1-15-21(31)30(17-7-9-19(10-8-17)37(34,35)24(25,26)27)23(33)29(15)14-16-11-12-28-20(13-16)22(32)36-18-5-3-2-4-6-18/h2-13,15H,14H2,1H3. The molecule has 2 aromatic carbocycles. The maximum Gasteiger partial charge on any atom is 0.501 e. The van der Waals surface area contributed by atoms with Crippen LogP contribution in [0.1, 0.15) is 23.0 Å². The molecule has 1 aliphatic rings. The number of hydrogen-bond acceptors (Lipinski definition) is 7. The zero-order valence-corrected chi connectivity index (χ0v) is 19.9. The zero-order valence-electron chi connectivity index (χ0n) is 19.0. The second-order valence-electron chi connectivity index (χ2n) is 7.96. The molecule has 4 rings (SSSR count). The number of sulfone groups is 1. The Morgan fingerprint density at radius 1 is 1.03 bits per heavy atom. The van der Waals surface area contributed by atoms with E-state index >= 15 is 0 Å². The highest BCUT2D eigenvalue weighted by molar-refractivity contribution is 7.92. The van der Waals surface area contributed by atoms with Crippen LogP contribution in [0.3, 0.4) is 0 Å². The van der Waals surface area contributed by atoms with E-state index in [4.69, 9.17) is 4.74 Å². The monoisotopic (exact) mass is 533 g/mol. The summed E-state index contributed by atoms with van der Waals surface area (Å²) in [5, 5.41) is 0. The van der Waals surface area contributed by atoms with Crippen LogP contribution in [-0.2, 0) is 21.2 Å².